The number of piperidine rings is 1. The number of hydrogen-bond donors (Lipinski definition) is 2. The third-order valence-electron chi connectivity index (χ3n) is 10.3. The van der Waals surface area contributed by atoms with E-state index in [-0.39, 0.29) is 17.9 Å². The Morgan fingerprint density at radius 3 is 2.62 bits per heavy atom. The number of benzene rings is 3. The largest absolute Gasteiger partial charge is 0.496 e. The first-order chi connectivity index (χ1) is 24.1. The predicted molar refractivity (Wildman–Crippen MR) is 193 cm³/mol. The maximum absolute atomic E-state index is 13.4. The van der Waals surface area contributed by atoms with E-state index in [4.69, 9.17) is 32.7 Å². The number of ether oxygens (including phenoxy) is 2. The van der Waals surface area contributed by atoms with Crippen LogP contribution in [-0.4, -0.2) is 70.1 Å². The van der Waals surface area contributed by atoms with Crippen molar-refractivity contribution in [1.82, 2.24) is 19.4 Å². The minimum absolute atomic E-state index is 0.230. The number of amides is 1. The predicted octanol–water partition coefficient (Wildman–Crippen LogP) is 7.01. The van der Waals surface area contributed by atoms with Gasteiger partial charge in [0.2, 0.25) is 0 Å². The molecule has 1 amide bonds. The Morgan fingerprint density at radius 2 is 1.82 bits per heavy atom. The monoisotopic (exact) mass is 717 g/mol. The van der Waals surface area contributed by atoms with Crippen molar-refractivity contribution in [3.05, 3.63) is 92.5 Å². The van der Waals surface area contributed by atoms with Gasteiger partial charge < -0.3 is 29.4 Å². The van der Waals surface area contributed by atoms with Crippen molar-refractivity contribution >= 4 is 40.8 Å². The van der Waals surface area contributed by atoms with Crippen LogP contribution in [0.2, 0.25) is 10.0 Å². The van der Waals surface area contributed by atoms with Gasteiger partial charge in [0.05, 0.1) is 34.5 Å². The Morgan fingerprint density at radius 1 is 1.02 bits per heavy atom. The molecule has 50 heavy (non-hydrogen) atoms. The Hall–Kier alpha value is -4.09. The lowest BCUT2D eigenvalue weighted by Gasteiger charge is -2.31. The van der Waals surface area contributed by atoms with Crippen molar-refractivity contribution < 1.29 is 24.2 Å². The zero-order chi connectivity index (χ0) is 35.1. The highest BCUT2D eigenvalue weighted by atomic mass is 35.5. The van der Waals surface area contributed by atoms with E-state index in [0.717, 1.165) is 84.5 Å². The molecule has 2 atom stereocenters. The maximum atomic E-state index is 13.4. The van der Waals surface area contributed by atoms with Gasteiger partial charge in [-0.2, -0.15) is 0 Å². The standard InChI is InChI=1S/C38H41Cl2N5O5/c1-43-16-14-31-30(21-43)41-36(44(31)2)37(46)42-29-11-5-10-27(35(29)40)24-8-4-9-26-25(24)12-13-32(26)50-34-18-33(49-3)23(17-28(34)39)20-45-15-6-7-22(19-45)38(47)48/h4-5,8-11,17-18,22,32H,6-7,12-16,19-21H2,1-3H3,(H,42,46)(H,47,48). The molecule has 12 heteroatoms. The highest BCUT2D eigenvalue weighted by Crippen LogP contribution is 2.45. The van der Waals surface area contributed by atoms with Crippen LogP contribution in [0.4, 0.5) is 5.69 Å². The van der Waals surface area contributed by atoms with Crippen LogP contribution < -0.4 is 14.8 Å². The molecular weight excluding hydrogens is 677 g/mol. The van der Waals surface area contributed by atoms with Gasteiger partial charge in [-0.15, -0.1) is 0 Å². The summed E-state index contributed by atoms with van der Waals surface area (Å²) < 4.78 is 14.2. The number of likely N-dealkylation sites (tertiary alicyclic amines) is 1. The number of imidazole rings is 1. The molecule has 3 aromatic carbocycles. The number of carbonyl (C=O) groups is 2. The first kappa shape index (κ1) is 34.4. The number of aromatic nitrogens is 2. The van der Waals surface area contributed by atoms with E-state index in [9.17, 15) is 14.7 Å². The number of fused-ring (bicyclic) bond motifs is 2. The number of halogens is 2. The van der Waals surface area contributed by atoms with E-state index in [1.807, 2.05) is 48.0 Å². The van der Waals surface area contributed by atoms with Crippen molar-refractivity contribution in [2.75, 3.05) is 39.1 Å². The summed E-state index contributed by atoms with van der Waals surface area (Å²) in [7, 11) is 5.56. The minimum atomic E-state index is -0.753. The maximum Gasteiger partial charge on any atom is 0.307 e. The molecule has 7 rings (SSSR count). The minimum Gasteiger partial charge on any atom is -0.496 e. The lowest BCUT2D eigenvalue weighted by molar-refractivity contribution is -0.143. The molecule has 2 N–H and O–H groups in total. The van der Waals surface area contributed by atoms with Crippen molar-refractivity contribution in [2.45, 2.75) is 51.3 Å². The highest BCUT2D eigenvalue weighted by molar-refractivity contribution is 6.36. The molecule has 2 aliphatic heterocycles. The third-order valence-corrected chi connectivity index (χ3v) is 11.0. The van der Waals surface area contributed by atoms with Crippen LogP contribution in [0.15, 0.2) is 48.5 Å². The van der Waals surface area contributed by atoms with Gasteiger partial charge in [-0.3, -0.25) is 14.5 Å². The lowest BCUT2D eigenvalue weighted by atomic mass is 9.96. The number of methoxy groups -OCH3 is 1. The van der Waals surface area contributed by atoms with Gasteiger partial charge in [-0.25, -0.2) is 4.98 Å². The molecule has 1 fully saturated rings. The summed E-state index contributed by atoms with van der Waals surface area (Å²) in [6.07, 6.45) is 3.69. The number of carbonyl (C=O) groups excluding carboxylic acids is 1. The molecule has 0 radical (unpaired) electrons. The number of hydrogen-bond acceptors (Lipinski definition) is 7. The fourth-order valence-electron chi connectivity index (χ4n) is 7.64. The Balaban J connectivity index is 1.10. The molecule has 3 heterocycles. The summed E-state index contributed by atoms with van der Waals surface area (Å²) in [5.74, 6) is 0.135. The Labute approximate surface area is 301 Å². The molecule has 2 unspecified atom stereocenters. The zero-order valence-corrected chi connectivity index (χ0v) is 30.0. The number of carboxylic acids is 1. The van der Waals surface area contributed by atoms with E-state index in [2.05, 4.69) is 39.3 Å². The summed E-state index contributed by atoms with van der Waals surface area (Å²) in [4.78, 5) is 34.0. The van der Waals surface area contributed by atoms with E-state index < -0.39 is 5.97 Å². The van der Waals surface area contributed by atoms with Gasteiger partial charge in [0.1, 0.15) is 17.6 Å². The summed E-state index contributed by atoms with van der Waals surface area (Å²) >= 11 is 13.8. The summed E-state index contributed by atoms with van der Waals surface area (Å²) in [6, 6.07) is 15.5. The van der Waals surface area contributed by atoms with E-state index >= 15 is 0 Å². The third kappa shape index (κ3) is 6.69. The van der Waals surface area contributed by atoms with Crippen molar-refractivity contribution in [3.8, 4) is 22.6 Å². The lowest BCUT2D eigenvalue weighted by Crippen LogP contribution is -2.38. The summed E-state index contributed by atoms with van der Waals surface area (Å²) in [5.41, 5.74) is 7.46. The SMILES string of the molecule is COc1cc(OC2CCc3c(-c4cccc(NC(=O)c5nc6c(n5C)CCN(C)C6)c4Cl)cccc32)c(Cl)cc1CN1CCCC(C(=O)O)C1. The van der Waals surface area contributed by atoms with Gasteiger partial charge in [-0.05, 0) is 68.1 Å². The average molecular weight is 719 g/mol. The second-order valence-corrected chi connectivity index (χ2v) is 14.3. The molecule has 1 aromatic heterocycles. The Kier molecular flexibility index (Phi) is 9.80. The van der Waals surface area contributed by atoms with Crippen LogP contribution in [0, 0.1) is 5.92 Å². The summed E-state index contributed by atoms with van der Waals surface area (Å²) in [5, 5.41) is 13.5. The van der Waals surface area contributed by atoms with Gasteiger partial charge in [0.25, 0.3) is 5.91 Å². The van der Waals surface area contributed by atoms with Crippen LogP contribution in [0.5, 0.6) is 11.5 Å². The molecule has 3 aliphatic rings. The molecule has 262 valence electrons. The molecule has 0 spiro atoms. The van der Waals surface area contributed by atoms with Crippen molar-refractivity contribution in [1.29, 1.82) is 0 Å². The smallest absolute Gasteiger partial charge is 0.307 e. The molecule has 0 saturated carbocycles. The summed E-state index contributed by atoms with van der Waals surface area (Å²) in [6.45, 7) is 3.52. The first-order valence-corrected chi connectivity index (χ1v) is 17.8. The van der Waals surface area contributed by atoms with E-state index in [0.29, 0.717) is 52.6 Å². The highest BCUT2D eigenvalue weighted by Gasteiger charge is 2.30. The number of aliphatic carboxylic acids is 1. The normalized spacial score (nSPS) is 19.1. The zero-order valence-electron chi connectivity index (χ0n) is 28.5. The van der Waals surface area contributed by atoms with E-state index in [1.54, 1.807) is 7.11 Å². The van der Waals surface area contributed by atoms with Crippen molar-refractivity contribution in [2.24, 2.45) is 13.0 Å². The number of nitrogens with zero attached hydrogens (tertiary/aromatic N) is 4. The number of anilines is 1. The molecule has 10 nitrogen and oxygen atoms in total. The molecule has 0 bridgehead atoms. The van der Waals surface area contributed by atoms with Crippen LogP contribution >= 0.6 is 23.2 Å². The van der Waals surface area contributed by atoms with E-state index in [1.165, 1.54) is 0 Å². The van der Waals surface area contributed by atoms with Gasteiger partial charge in [0, 0.05) is 62.5 Å². The van der Waals surface area contributed by atoms with Crippen LogP contribution in [0.3, 0.4) is 0 Å². The topological polar surface area (TPSA) is 109 Å². The fourth-order valence-corrected chi connectivity index (χ4v) is 8.15. The Bertz CT molecular complexity index is 1960. The number of likely N-dealkylation sites (N-methyl/N-ethyl adjacent to an activating group) is 1. The number of carboxylic acid groups (broad SMARTS) is 1. The van der Waals surface area contributed by atoms with Crippen LogP contribution in [-0.2, 0) is 37.8 Å². The fraction of sp³-hybridized carbons (Fsp3) is 0.395. The quantitative estimate of drug-likeness (QED) is 0.191. The first-order valence-electron chi connectivity index (χ1n) is 17.0. The van der Waals surface area contributed by atoms with Gasteiger partial charge in [0.15, 0.2) is 5.82 Å². The molecular formula is C38H41Cl2N5O5. The second kappa shape index (κ2) is 14.3. The molecule has 4 aromatic rings. The molecule has 1 aliphatic carbocycles. The van der Waals surface area contributed by atoms with Gasteiger partial charge in [-0.1, -0.05) is 53.5 Å². The van der Waals surface area contributed by atoms with Crippen LogP contribution in [0.1, 0.15) is 64.1 Å². The average Bonchev–Trinajstić information content (AvgIpc) is 3.67. The van der Waals surface area contributed by atoms with Crippen LogP contribution in [0.25, 0.3) is 11.1 Å². The second-order valence-electron chi connectivity index (χ2n) is 13.5. The van der Waals surface area contributed by atoms with Crippen molar-refractivity contribution in [3.63, 3.8) is 0 Å². The molecule has 1 saturated heterocycles. The van der Waals surface area contributed by atoms with Gasteiger partial charge >= 0.3 is 5.97 Å². The number of rotatable bonds is 9. The number of nitrogens with one attached hydrogen (secondary N) is 1.